The van der Waals surface area contributed by atoms with Gasteiger partial charge in [0.15, 0.2) is 0 Å². The van der Waals surface area contributed by atoms with Gasteiger partial charge in [-0.3, -0.25) is 0 Å². The lowest BCUT2D eigenvalue weighted by molar-refractivity contribution is 0.493. The Bertz CT molecular complexity index is 116. The number of hydrogen-bond acceptors (Lipinski definition) is 2. The molecule has 0 aromatic rings. The fourth-order valence-corrected chi connectivity index (χ4v) is 0.913. The van der Waals surface area contributed by atoms with Crippen LogP contribution in [0.25, 0.3) is 0 Å². The molecular weight excluding hydrogens is 132 g/mol. The van der Waals surface area contributed by atoms with E-state index in [4.69, 9.17) is 4.18 Å². The summed E-state index contributed by atoms with van der Waals surface area (Å²) in [5.74, 6) is 0. The van der Waals surface area contributed by atoms with Crippen molar-refractivity contribution in [1.29, 1.82) is 0 Å². The summed E-state index contributed by atoms with van der Waals surface area (Å²) in [5.41, 5.74) is 0. The maximum absolute atomic E-state index is 4.84. The third-order valence-corrected chi connectivity index (χ3v) is 1.53. The zero-order chi connectivity index (χ0) is 7.11. The molecule has 2 heteroatoms. The van der Waals surface area contributed by atoms with Crippen molar-refractivity contribution in [2.24, 2.45) is 0 Å². The lowest BCUT2D eigenvalue weighted by Crippen LogP contribution is -1.69. The third kappa shape index (κ3) is 4.30. The van der Waals surface area contributed by atoms with E-state index in [0.717, 1.165) is 4.91 Å². The molecule has 52 valence electrons. The van der Waals surface area contributed by atoms with E-state index in [1.807, 2.05) is 32.1 Å². The Morgan fingerprint density at radius 3 is 2.44 bits per heavy atom. The van der Waals surface area contributed by atoms with E-state index in [1.165, 1.54) is 12.0 Å². The highest BCUT2D eigenvalue weighted by molar-refractivity contribution is 7.98. The molecule has 0 bridgehead atoms. The highest BCUT2D eigenvalue weighted by Crippen LogP contribution is 2.15. The van der Waals surface area contributed by atoms with Crippen molar-refractivity contribution in [3.8, 4) is 0 Å². The summed E-state index contributed by atoms with van der Waals surface area (Å²) in [4.78, 5) is 1.14. The molecule has 0 aromatic carbocycles. The van der Waals surface area contributed by atoms with E-state index in [2.05, 4.69) is 0 Å². The molecule has 0 atom stereocenters. The van der Waals surface area contributed by atoms with Crippen LogP contribution in [0.2, 0.25) is 0 Å². The molecule has 0 fully saturated rings. The monoisotopic (exact) mass is 144 g/mol. The smallest absolute Gasteiger partial charge is 0.0508 e. The molecule has 0 rings (SSSR count). The van der Waals surface area contributed by atoms with E-state index >= 15 is 0 Å². The Morgan fingerprint density at radius 2 is 2.11 bits per heavy atom. The summed E-state index contributed by atoms with van der Waals surface area (Å²) in [6, 6.07) is 0. The van der Waals surface area contributed by atoms with E-state index in [-0.39, 0.29) is 0 Å². The highest BCUT2D eigenvalue weighted by atomic mass is 32.2. The second-order valence-electron chi connectivity index (χ2n) is 1.44. The van der Waals surface area contributed by atoms with Crippen LogP contribution in [0.3, 0.4) is 0 Å². The van der Waals surface area contributed by atoms with Crippen molar-refractivity contribution in [2.75, 3.05) is 7.11 Å². The second-order valence-corrected chi connectivity index (χ2v) is 2.41. The molecular formula is C7H12OS. The summed E-state index contributed by atoms with van der Waals surface area (Å²) >= 11 is 1.38. The summed E-state index contributed by atoms with van der Waals surface area (Å²) in [5, 5.41) is 0. The van der Waals surface area contributed by atoms with Crippen LogP contribution in [0.4, 0.5) is 0 Å². The van der Waals surface area contributed by atoms with Crippen molar-refractivity contribution in [3.63, 3.8) is 0 Å². The minimum absolute atomic E-state index is 1.14. The van der Waals surface area contributed by atoms with Crippen molar-refractivity contribution in [1.82, 2.24) is 0 Å². The van der Waals surface area contributed by atoms with Crippen molar-refractivity contribution in [2.45, 2.75) is 13.8 Å². The van der Waals surface area contributed by atoms with Crippen LogP contribution in [0.15, 0.2) is 23.1 Å². The molecule has 0 aliphatic heterocycles. The van der Waals surface area contributed by atoms with Gasteiger partial charge in [-0.25, -0.2) is 0 Å². The van der Waals surface area contributed by atoms with Gasteiger partial charge in [-0.1, -0.05) is 18.2 Å². The quantitative estimate of drug-likeness (QED) is 0.445. The zero-order valence-corrected chi connectivity index (χ0v) is 6.87. The van der Waals surface area contributed by atoms with Gasteiger partial charge in [-0.15, -0.1) is 0 Å². The molecule has 0 saturated heterocycles. The molecule has 0 unspecified atom stereocenters. The van der Waals surface area contributed by atoms with Crippen LogP contribution in [0.5, 0.6) is 0 Å². The van der Waals surface area contributed by atoms with Crippen molar-refractivity contribution < 1.29 is 4.18 Å². The molecule has 0 radical (unpaired) electrons. The number of rotatable bonds is 3. The summed E-state index contributed by atoms with van der Waals surface area (Å²) in [6.45, 7) is 3.97. The Hall–Kier alpha value is -0.210. The third-order valence-electron chi connectivity index (χ3n) is 0.795. The topological polar surface area (TPSA) is 9.23 Å². The van der Waals surface area contributed by atoms with Gasteiger partial charge in [0.05, 0.1) is 7.11 Å². The predicted octanol–water partition coefficient (Wildman–Crippen LogP) is 2.76. The van der Waals surface area contributed by atoms with Gasteiger partial charge < -0.3 is 4.18 Å². The summed E-state index contributed by atoms with van der Waals surface area (Å²) < 4.78 is 4.84. The van der Waals surface area contributed by atoms with Crippen LogP contribution in [-0.4, -0.2) is 7.11 Å². The van der Waals surface area contributed by atoms with Gasteiger partial charge in [0.25, 0.3) is 0 Å². The summed E-state index contributed by atoms with van der Waals surface area (Å²) in [7, 11) is 1.66. The fourth-order valence-electron chi connectivity index (χ4n) is 0.433. The molecule has 0 aromatic heterocycles. The SMILES string of the molecule is C/C=C\C(=C/C)SOC. The lowest BCUT2D eigenvalue weighted by Gasteiger charge is -1.94. The molecule has 9 heavy (non-hydrogen) atoms. The van der Waals surface area contributed by atoms with Gasteiger partial charge >= 0.3 is 0 Å². The summed E-state index contributed by atoms with van der Waals surface area (Å²) in [6.07, 6.45) is 6.00. The van der Waals surface area contributed by atoms with Crippen LogP contribution < -0.4 is 0 Å². The normalized spacial score (nSPS) is 13.0. The van der Waals surface area contributed by atoms with Gasteiger partial charge in [-0.05, 0) is 13.8 Å². The van der Waals surface area contributed by atoms with Gasteiger partial charge in [0, 0.05) is 16.9 Å². The molecule has 0 spiro atoms. The van der Waals surface area contributed by atoms with Crippen LogP contribution in [0, 0.1) is 0 Å². The van der Waals surface area contributed by atoms with Crippen LogP contribution in [-0.2, 0) is 4.18 Å². The van der Waals surface area contributed by atoms with Gasteiger partial charge in [-0.2, -0.15) is 0 Å². The first kappa shape index (κ1) is 8.79. The molecule has 0 aliphatic carbocycles. The van der Waals surface area contributed by atoms with Gasteiger partial charge in [0.2, 0.25) is 0 Å². The first-order chi connectivity index (χ1) is 4.35. The molecule has 0 heterocycles. The zero-order valence-electron chi connectivity index (χ0n) is 6.05. The van der Waals surface area contributed by atoms with E-state index in [1.54, 1.807) is 7.11 Å². The Labute approximate surface area is 61.0 Å². The van der Waals surface area contributed by atoms with Gasteiger partial charge in [0.1, 0.15) is 0 Å². The first-order valence-electron chi connectivity index (χ1n) is 2.84. The lowest BCUT2D eigenvalue weighted by atomic mass is 10.4. The van der Waals surface area contributed by atoms with Crippen LogP contribution >= 0.6 is 12.0 Å². The minimum atomic E-state index is 1.14. The average Bonchev–Trinajstić information content (AvgIpc) is 1.88. The molecule has 1 nitrogen and oxygen atoms in total. The predicted molar refractivity (Wildman–Crippen MR) is 43.2 cm³/mol. The molecule has 0 amide bonds. The Kier molecular flexibility index (Phi) is 5.78. The van der Waals surface area contributed by atoms with Crippen LogP contribution in [0.1, 0.15) is 13.8 Å². The Morgan fingerprint density at radius 1 is 1.44 bits per heavy atom. The maximum Gasteiger partial charge on any atom is 0.0508 e. The van der Waals surface area contributed by atoms with E-state index < -0.39 is 0 Å². The molecule has 0 saturated carbocycles. The van der Waals surface area contributed by atoms with Crippen molar-refractivity contribution >= 4 is 12.0 Å². The average molecular weight is 144 g/mol. The fraction of sp³-hybridized carbons (Fsp3) is 0.429. The van der Waals surface area contributed by atoms with E-state index in [9.17, 15) is 0 Å². The largest absolute Gasteiger partial charge is 0.314 e. The maximum atomic E-state index is 4.84. The molecule has 0 N–H and O–H groups in total. The minimum Gasteiger partial charge on any atom is -0.314 e. The standard InChI is InChI=1S/C7H12OS/c1-4-6-7(5-2)9-8-3/h4-6H,1-3H3/b6-4-,7-5+. The second kappa shape index (κ2) is 5.92. The Balaban J connectivity index is 3.70. The highest BCUT2D eigenvalue weighted by Gasteiger charge is 1.86. The number of hydrogen-bond donors (Lipinski definition) is 0. The van der Waals surface area contributed by atoms with E-state index in [0.29, 0.717) is 0 Å². The molecule has 0 aliphatic rings. The van der Waals surface area contributed by atoms with Crippen molar-refractivity contribution in [3.05, 3.63) is 23.1 Å². The number of allylic oxidation sites excluding steroid dienone is 3. The first-order valence-corrected chi connectivity index (χ1v) is 3.59.